The van der Waals surface area contributed by atoms with E-state index in [4.69, 9.17) is 16.6 Å². The zero-order valence-corrected chi connectivity index (χ0v) is 16.1. The molecule has 136 valence electrons. The van der Waals surface area contributed by atoms with Crippen molar-refractivity contribution in [3.8, 4) is 0 Å². The van der Waals surface area contributed by atoms with E-state index in [9.17, 15) is 0 Å². The second-order valence-electron chi connectivity index (χ2n) is 6.64. The number of guanidine groups is 1. The van der Waals surface area contributed by atoms with Crippen molar-refractivity contribution in [2.24, 2.45) is 12.0 Å². The number of aromatic nitrogens is 3. The van der Waals surface area contributed by atoms with E-state index in [1.807, 2.05) is 38.0 Å². The minimum absolute atomic E-state index is 0.752. The third kappa shape index (κ3) is 4.37. The van der Waals surface area contributed by atoms with Crippen molar-refractivity contribution < 1.29 is 0 Å². The number of aliphatic imine (C=N–C) groups is 1. The van der Waals surface area contributed by atoms with Crippen LogP contribution in [-0.2, 0) is 33.0 Å². The molecule has 3 heterocycles. The Labute approximate surface area is 154 Å². The zero-order chi connectivity index (χ0) is 17.8. The standard InChI is InChI=1S/C18H27ClN6/c1-20-18(24(3)13-16-10-14(19)11-23(16)2)21-8-7-15-12-25-9-5-4-6-17(25)22-15/h10-12H,4-9,13H2,1-3H3,(H,20,21). The minimum Gasteiger partial charge on any atom is -0.356 e. The molecule has 1 N–H and O–H groups in total. The van der Waals surface area contributed by atoms with Crippen LogP contribution in [-0.4, -0.2) is 45.6 Å². The SMILES string of the molecule is CN=C(NCCc1cn2c(n1)CCCC2)N(C)Cc1cc(Cl)cn1C. The lowest BCUT2D eigenvalue weighted by Gasteiger charge is -2.22. The summed E-state index contributed by atoms with van der Waals surface area (Å²) in [5.74, 6) is 2.12. The molecule has 0 spiro atoms. The molecule has 0 radical (unpaired) electrons. The third-order valence-corrected chi connectivity index (χ3v) is 4.88. The summed E-state index contributed by atoms with van der Waals surface area (Å²) < 4.78 is 4.35. The Morgan fingerprint density at radius 3 is 2.92 bits per heavy atom. The lowest BCUT2D eigenvalue weighted by atomic mass is 10.2. The molecule has 0 bridgehead atoms. The maximum Gasteiger partial charge on any atom is 0.193 e. The molecule has 2 aromatic rings. The molecule has 0 saturated heterocycles. The predicted octanol–water partition coefficient (Wildman–Crippen LogP) is 2.46. The van der Waals surface area contributed by atoms with Gasteiger partial charge in [0, 0.05) is 65.2 Å². The highest BCUT2D eigenvalue weighted by molar-refractivity contribution is 6.30. The lowest BCUT2D eigenvalue weighted by molar-refractivity contribution is 0.462. The fourth-order valence-electron chi connectivity index (χ4n) is 3.32. The van der Waals surface area contributed by atoms with Gasteiger partial charge in [0.05, 0.1) is 17.3 Å². The monoisotopic (exact) mass is 362 g/mol. The average molecular weight is 363 g/mol. The molecule has 0 saturated carbocycles. The fourth-order valence-corrected chi connectivity index (χ4v) is 3.59. The molecule has 1 aliphatic heterocycles. The van der Waals surface area contributed by atoms with Crippen molar-refractivity contribution in [3.05, 3.63) is 40.7 Å². The number of fused-ring (bicyclic) bond motifs is 1. The molecule has 6 nitrogen and oxygen atoms in total. The van der Waals surface area contributed by atoms with E-state index in [1.165, 1.54) is 18.7 Å². The van der Waals surface area contributed by atoms with Gasteiger partial charge >= 0.3 is 0 Å². The van der Waals surface area contributed by atoms with Gasteiger partial charge in [-0.15, -0.1) is 0 Å². The van der Waals surface area contributed by atoms with Crippen LogP contribution < -0.4 is 5.32 Å². The minimum atomic E-state index is 0.752. The van der Waals surface area contributed by atoms with Crippen LogP contribution in [0.4, 0.5) is 0 Å². The summed E-state index contributed by atoms with van der Waals surface area (Å²) >= 11 is 6.06. The highest BCUT2D eigenvalue weighted by Gasteiger charge is 2.13. The van der Waals surface area contributed by atoms with Crippen molar-refractivity contribution in [1.29, 1.82) is 0 Å². The Hall–Kier alpha value is -1.95. The molecule has 0 unspecified atom stereocenters. The van der Waals surface area contributed by atoms with E-state index in [2.05, 4.69) is 26.0 Å². The first-order chi connectivity index (χ1) is 12.1. The number of nitrogens with one attached hydrogen (secondary N) is 1. The number of rotatable bonds is 5. The first kappa shape index (κ1) is 17.9. The van der Waals surface area contributed by atoms with Gasteiger partial charge in [-0.25, -0.2) is 4.98 Å². The first-order valence-corrected chi connectivity index (χ1v) is 9.22. The maximum absolute atomic E-state index is 6.06. The maximum atomic E-state index is 6.06. The van der Waals surface area contributed by atoms with E-state index in [1.54, 1.807) is 0 Å². The molecular formula is C18H27ClN6. The van der Waals surface area contributed by atoms with E-state index >= 15 is 0 Å². The highest BCUT2D eigenvalue weighted by atomic mass is 35.5. The average Bonchev–Trinajstić information content (AvgIpc) is 3.13. The van der Waals surface area contributed by atoms with Crippen LogP contribution in [0.25, 0.3) is 0 Å². The number of hydrogen-bond acceptors (Lipinski definition) is 2. The van der Waals surface area contributed by atoms with Crippen molar-refractivity contribution >= 4 is 17.6 Å². The second kappa shape index (κ2) is 7.95. The number of nitrogens with zero attached hydrogens (tertiary/aromatic N) is 5. The van der Waals surface area contributed by atoms with Gasteiger partial charge in [0.1, 0.15) is 5.82 Å². The van der Waals surface area contributed by atoms with E-state index < -0.39 is 0 Å². The Morgan fingerprint density at radius 1 is 1.40 bits per heavy atom. The molecule has 0 aliphatic carbocycles. The number of halogens is 1. The summed E-state index contributed by atoms with van der Waals surface area (Å²) in [6.45, 7) is 2.68. The molecule has 0 atom stereocenters. The Kier molecular flexibility index (Phi) is 5.68. The molecule has 0 amide bonds. The molecule has 25 heavy (non-hydrogen) atoms. The van der Waals surface area contributed by atoms with Gasteiger partial charge < -0.3 is 19.4 Å². The normalized spacial score (nSPS) is 14.5. The molecule has 3 rings (SSSR count). The van der Waals surface area contributed by atoms with Crippen LogP contribution in [0.3, 0.4) is 0 Å². The molecule has 2 aromatic heterocycles. The van der Waals surface area contributed by atoms with Crippen molar-refractivity contribution in [2.45, 2.75) is 38.8 Å². The summed E-state index contributed by atoms with van der Waals surface area (Å²) in [6.07, 6.45) is 8.66. The summed E-state index contributed by atoms with van der Waals surface area (Å²) in [5.41, 5.74) is 2.31. The van der Waals surface area contributed by atoms with Gasteiger partial charge in [-0.3, -0.25) is 4.99 Å². The predicted molar refractivity (Wildman–Crippen MR) is 102 cm³/mol. The smallest absolute Gasteiger partial charge is 0.193 e. The van der Waals surface area contributed by atoms with E-state index in [0.717, 1.165) is 54.8 Å². The fraction of sp³-hybridized carbons (Fsp3) is 0.556. The van der Waals surface area contributed by atoms with E-state index in [-0.39, 0.29) is 0 Å². The summed E-state index contributed by atoms with van der Waals surface area (Å²) in [5, 5.41) is 4.19. The van der Waals surface area contributed by atoms with Crippen LogP contribution in [0.2, 0.25) is 5.02 Å². The molecule has 7 heteroatoms. The summed E-state index contributed by atoms with van der Waals surface area (Å²) in [7, 11) is 5.85. The van der Waals surface area contributed by atoms with Crippen molar-refractivity contribution in [1.82, 2.24) is 24.3 Å². The van der Waals surface area contributed by atoms with Gasteiger partial charge in [0.15, 0.2) is 5.96 Å². The van der Waals surface area contributed by atoms with Gasteiger partial charge in [-0.2, -0.15) is 0 Å². The van der Waals surface area contributed by atoms with Crippen LogP contribution in [0.5, 0.6) is 0 Å². The largest absolute Gasteiger partial charge is 0.356 e. The topological polar surface area (TPSA) is 50.4 Å². The van der Waals surface area contributed by atoms with Crippen LogP contribution in [0, 0.1) is 0 Å². The van der Waals surface area contributed by atoms with Crippen LogP contribution in [0.1, 0.15) is 30.1 Å². The highest BCUT2D eigenvalue weighted by Crippen LogP contribution is 2.15. The van der Waals surface area contributed by atoms with Crippen molar-refractivity contribution in [2.75, 3.05) is 20.6 Å². The zero-order valence-electron chi connectivity index (χ0n) is 15.3. The molecule has 0 aromatic carbocycles. The summed E-state index contributed by atoms with van der Waals surface area (Å²) in [6, 6.07) is 1.99. The van der Waals surface area contributed by atoms with Crippen molar-refractivity contribution in [3.63, 3.8) is 0 Å². The van der Waals surface area contributed by atoms with Crippen LogP contribution in [0.15, 0.2) is 23.5 Å². The third-order valence-electron chi connectivity index (χ3n) is 4.67. The second-order valence-corrected chi connectivity index (χ2v) is 7.08. The first-order valence-electron chi connectivity index (χ1n) is 8.84. The van der Waals surface area contributed by atoms with Gasteiger partial charge in [0.2, 0.25) is 0 Å². The Bertz CT molecular complexity index is 721. The van der Waals surface area contributed by atoms with Gasteiger partial charge in [-0.1, -0.05) is 11.6 Å². The summed E-state index contributed by atoms with van der Waals surface area (Å²) in [4.78, 5) is 11.2. The number of aryl methyl sites for hydroxylation is 3. The molecular weight excluding hydrogens is 336 g/mol. The number of imidazole rings is 1. The Balaban J connectivity index is 1.52. The Morgan fingerprint density at radius 2 is 2.24 bits per heavy atom. The van der Waals surface area contributed by atoms with Gasteiger partial charge in [0.25, 0.3) is 0 Å². The number of hydrogen-bond donors (Lipinski definition) is 1. The molecule has 0 fully saturated rings. The lowest BCUT2D eigenvalue weighted by Crippen LogP contribution is -2.39. The van der Waals surface area contributed by atoms with Gasteiger partial charge in [-0.05, 0) is 18.9 Å². The molecule has 1 aliphatic rings. The quantitative estimate of drug-likeness (QED) is 0.656. The van der Waals surface area contributed by atoms with Crippen LogP contribution >= 0.6 is 11.6 Å². The van der Waals surface area contributed by atoms with E-state index in [0.29, 0.717) is 0 Å².